The topological polar surface area (TPSA) is 15.3 Å². The van der Waals surface area contributed by atoms with Crippen molar-refractivity contribution in [3.8, 4) is 0 Å². The van der Waals surface area contributed by atoms with Crippen LogP contribution in [-0.2, 0) is 6.54 Å². The molecular weight excluding hydrogens is 288 g/mol. The molecule has 1 fully saturated rings. The molecule has 1 aromatic heterocycles. The van der Waals surface area contributed by atoms with Crippen molar-refractivity contribution in [3.63, 3.8) is 0 Å². The van der Waals surface area contributed by atoms with Gasteiger partial charge >= 0.3 is 0 Å². The summed E-state index contributed by atoms with van der Waals surface area (Å²) < 4.78 is 1.28. The van der Waals surface area contributed by atoms with Crippen LogP contribution >= 0.6 is 22.9 Å². The monoisotopic (exact) mass is 308 g/mol. The zero-order valence-electron chi connectivity index (χ0n) is 11.9. The van der Waals surface area contributed by atoms with Gasteiger partial charge in [0.25, 0.3) is 0 Å². The number of benzene rings is 1. The largest absolute Gasteiger partial charge is 0.310 e. The number of rotatable bonds is 4. The highest BCUT2D eigenvalue weighted by atomic mass is 35.5. The van der Waals surface area contributed by atoms with Crippen molar-refractivity contribution >= 4 is 33.0 Å². The molecule has 0 bridgehead atoms. The van der Waals surface area contributed by atoms with E-state index in [0.29, 0.717) is 6.04 Å². The lowest BCUT2D eigenvalue weighted by Crippen LogP contribution is -2.42. The molecule has 0 spiro atoms. The Morgan fingerprint density at radius 1 is 1.35 bits per heavy atom. The van der Waals surface area contributed by atoms with Gasteiger partial charge in [0.05, 0.1) is 5.02 Å². The van der Waals surface area contributed by atoms with Gasteiger partial charge < -0.3 is 10.2 Å². The molecule has 20 heavy (non-hydrogen) atoms. The average Bonchev–Trinajstić information content (AvgIpc) is 2.78. The van der Waals surface area contributed by atoms with Crippen LogP contribution < -0.4 is 5.32 Å². The van der Waals surface area contributed by atoms with E-state index in [1.807, 2.05) is 0 Å². The summed E-state index contributed by atoms with van der Waals surface area (Å²) in [5.74, 6) is 0. The van der Waals surface area contributed by atoms with E-state index in [2.05, 4.69) is 41.5 Å². The minimum absolute atomic E-state index is 0.678. The molecule has 1 aromatic carbocycles. The van der Waals surface area contributed by atoms with Gasteiger partial charge in [-0.3, -0.25) is 0 Å². The fourth-order valence-electron chi connectivity index (χ4n) is 2.93. The second-order valence-electron chi connectivity index (χ2n) is 5.60. The van der Waals surface area contributed by atoms with Crippen LogP contribution in [0.3, 0.4) is 0 Å². The maximum Gasteiger partial charge on any atom is 0.0636 e. The van der Waals surface area contributed by atoms with Crippen LogP contribution in [0.4, 0.5) is 0 Å². The van der Waals surface area contributed by atoms with Crippen LogP contribution in [0.1, 0.15) is 24.1 Å². The maximum absolute atomic E-state index is 6.47. The van der Waals surface area contributed by atoms with Crippen LogP contribution in [0.5, 0.6) is 0 Å². The fourth-order valence-corrected chi connectivity index (χ4v) is 4.40. The van der Waals surface area contributed by atoms with Gasteiger partial charge in [0.2, 0.25) is 0 Å². The number of halogens is 1. The highest BCUT2D eigenvalue weighted by molar-refractivity contribution is 7.19. The lowest BCUT2D eigenvalue weighted by molar-refractivity contribution is 0.181. The van der Waals surface area contributed by atoms with Crippen LogP contribution in [-0.4, -0.2) is 31.1 Å². The Kier molecular flexibility index (Phi) is 4.61. The Hall–Kier alpha value is -0.610. The molecule has 0 radical (unpaired) electrons. The predicted molar refractivity (Wildman–Crippen MR) is 88.8 cm³/mol. The summed E-state index contributed by atoms with van der Waals surface area (Å²) in [6, 6.07) is 9.05. The second-order valence-corrected chi connectivity index (χ2v) is 7.11. The first-order valence-corrected chi connectivity index (χ1v) is 8.52. The highest BCUT2D eigenvalue weighted by Crippen LogP contribution is 2.34. The summed E-state index contributed by atoms with van der Waals surface area (Å²) in [4.78, 5) is 3.73. The lowest BCUT2D eigenvalue weighted by Gasteiger charge is -2.32. The van der Waals surface area contributed by atoms with Crippen molar-refractivity contribution in [2.45, 2.75) is 31.8 Å². The van der Waals surface area contributed by atoms with E-state index in [-0.39, 0.29) is 0 Å². The van der Waals surface area contributed by atoms with Crippen molar-refractivity contribution in [2.24, 2.45) is 0 Å². The van der Waals surface area contributed by atoms with Crippen LogP contribution in [0.15, 0.2) is 24.3 Å². The standard InChI is InChI=1S/C16H21ClN2S/c1-19-9-5-4-6-12(19)10-18-11-15-16(17)13-7-2-3-8-14(13)20-15/h2-3,7-8,12,18H,4-6,9-11H2,1H3. The Balaban J connectivity index is 1.61. The van der Waals surface area contributed by atoms with E-state index in [9.17, 15) is 0 Å². The molecule has 3 rings (SSSR count). The third kappa shape index (κ3) is 3.01. The number of nitrogens with zero attached hydrogens (tertiary/aromatic N) is 1. The predicted octanol–water partition coefficient (Wildman–Crippen LogP) is 4.13. The zero-order valence-corrected chi connectivity index (χ0v) is 13.4. The van der Waals surface area contributed by atoms with Gasteiger partial charge in [-0.2, -0.15) is 0 Å². The molecule has 2 nitrogen and oxygen atoms in total. The first kappa shape index (κ1) is 14.3. The Morgan fingerprint density at radius 2 is 2.20 bits per heavy atom. The van der Waals surface area contributed by atoms with Crippen LogP contribution in [0, 0.1) is 0 Å². The second kappa shape index (κ2) is 6.44. The van der Waals surface area contributed by atoms with Crippen molar-refractivity contribution in [3.05, 3.63) is 34.2 Å². The summed E-state index contributed by atoms with van der Waals surface area (Å²) in [5, 5.41) is 5.70. The summed E-state index contributed by atoms with van der Waals surface area (Å²) >= 11 is 8.27. The summed E-state index contributed by atoms with van der Waals surface area (Å²) in [7, 11) is 2.23. The normalized spacial score (nSPS) is 20.6. The minimum Gasteiger partial charge on any atom is -0.310 e. The van der Waals surface area contributed by atoms with E-state index < -0.39 is 0 Å². The van der Waals surface area contributed by atoms with Gasteiger partial charge in [-0.25, -0.2) is 0 Å². The van der Waals surface area contributed by atoms with Gasteiger partial charge in [-0.15, -0.1) is 11.3 Å². The SMILES string of the molecule is CN1CCCCC1CNCc1sc2ccccc2c1Cl. The molecule has 0 saturated carbocycles. The van der Waals surface area contributed by atoms with E-state index >= 15 is 0 Å². The third-order valence-corrected chi connectivity index (χ3v) is 5.90. The minimum atomic E-state index is 0.678. The van der Waals surface area contributed by atoms with Gasteiger partial charge in [0.1, 0.15) is 0 Å². The van der Waals surface area contributed by atoms with E-state index in [0.717, 1.165) is 18.1 Å². The molecule has 1 aliphatic rings. The number of likely N-dealkylation sites (N-methyl/N-ethyl adjacent to an activating group) is 1. The van der Waals surface area contributed by atoms with E-state index in [1.54, 1.807) is 11.3 Å². The van der Waals surface area contributed by atoms with E-state index in [4.69, 9.17) is 11.6 Å². The highest BCUT2D eigenvalue weighted by Gasteiger charge is 2.18. The molecule has 0 amide bonds. The number of thiophene rings is 1. The quantitative estimate of drug-likeness (QED) is 0.913. The lowest BCUT2D eigenvalue weighted by atomic mass is 10.0. The van der Waals surface area contributed by atoms with Crippen molar-refractivity contribution in [1.29, 1.82) is 0 Å². The Morgan fingerprint density at radius 3 is 3.00 bits per heavy atom. The molecule has 2 aromatic rings. The number of nitrogens with one attached hydrogen (secondary N) is 1. The summed E-state index contributed by atoms with van der Waals surface area (Å²) in [6.45, 7) is 3.17. The third-order valence-electron chi connectivity index (χ3n) is 4.19. The molecule has 1 N–H and O–H groups in total. The fraction of sp³-hybridized carbons (Fsp3) is 0.500. The maximum atomic E-state index is 6.47. The summed E-state index contributed by atoms with van der Waals surface area (Å²) in [5.41, 5.74) is 0. The molecule has 4 heteroatoms. The van der Waals surface area contributed by atoms with Gasteiger partial charge in [-0.1, -0.05) is 36.2 Å². The Labute approximate surface area is 129 Å². The number of likely N-dealkylation sites (tertiary alicyclic amines) is 1. The van der Waals surface area contributed by atoms with Crippen molar-refractivity contribution in [2.75, 3.05) is 20.1 Å². The van der Waals surface area contributed by atoms with Gasteiger partial charge in [0.15, 0.2) is 0 Å². The number of hydrogen-bond acceptors (Lipinski definition) is 3. The molecule has 1 unspecified atom stereocenters. The molecule has 108 valence electrons. The number of fused-ring (bicyclic) bond motifs is 1. The first-order valence-electron chi connectivity index (χ1n) is 7.32. The number of hydrogen-bond donors (Lipinski definition) is 1. The summed E-state index contributed by atoms with van der Waals surface area (Å²) in [6.07, 6.45) is 4.01. The molecular formula is C16H21ClN2S. The molecule has 0 aliphatic carbocycles. The number of piperidine rings is 1. The molecule has 1 saturated heterocycles. The molecule has 2 heterocycles. The van der Waals surface area contributed by atoms with Gasteiger partial charge in [0, 0.05) is 34.1 Å². The molecule has 1 atom stereocenters. The van der Waals surface area contributed by atoms with Crippen LogP contribution in [0.2, 0.25) is 5.02 Å². The van der Waals surface area contributed by atoms with E-state index in [1.165, 1.54) is 40.8 Å². The first-order chi connectivity index (χ1) is 9.75. The van der Waals surface area contributed by atoms with Crippen molar-refractivity contribution in [1.82, 2.24) is 10.2 Å². The Bertz CT molecular complexity index is 581. The van der Waals surface area contributed by atoms with Crippen LogP contribution in [0.25, 0.3) is 10.1 Å². The zero-order chi connectivity index (χ0) is 13.9. The molecule has 1 aliphatic heterocycles. The van der Waals surface area contributed by atoms with Crippen molar-refractivity contribution < 1.29 is 0 Å². The van der Waals surface area contributed by atoms with Gasteiger partial charge in [-0.05, 0) is 32.5 Å². The average molecular weight is 309 g/mol. The smallest absolute Gasteiger partial charge is 0.0636 e.